The van der Waals surface area contributed by atoms with E-state index in [0.717, 1.165) is 43.4 Å². The molecule has 0 spiro atoms. The van der Waals surface area contributed by atoms with Crippen LogP contribution >= 0.6 is 0 Å². The molecule has 3 fully saturated rings. The number of aliphatic hydroxyl groups excluding tert-OH is 1. The molecule has 0 amide bonds. The number of aliphatic hydroxyl groups is 1. The first-order valence-electron chi connectivity index (χ1n) is 13.4. The highest BCUT2D eigenvalue weighted by atomic mass is 32.3. The Hall–Kier alpha value is -0.430. The van der Waals surface area contributed by atoms with Gasteiger partial charge in [-0.15, -0.1) is 0 Å². The summed E-state index contributed by atoms with van der Waals surface area (Å²) in [6.45, 7) is 11.6. The van der Waals surface area contributed by atoms with E-state index in [9.17, 15) is 13.5 Å². The van der Waals surface area contributed by atoms with Crippen LogP contribution in [0.15, 0.2) is 11.6 Å². The van der Waals surface area contributed by atoms with Gasteiger partial charge in [-0.2, -0.15) is 8.42 Å². The summed E-state index contributed by atoms with van der Waals surface area (Å²) in [4.78, 5) is 0. The Balaban J connectivity index is 1.47. The molecule has 2 N–H and O–H groups in total. The first kappa shape index (κ1) is 25.7. The Labute approximate surface area is 201 Å². The minimum Gasteiger partial charge on any atom is -0.393 e. The summed E-state index contributed by atoms with van der Waals surface area (Å²) in [5.74, 6) is 3.89. The molecule has 0 aromatic rings. The molecule has 0 saturated heterocycles. The van der Waals surface area contributed by atoms with Gasteiger partial charge in [-0.25, -0.2) is 4.18 Å². The summed E-state index contributed by atoms with van der Waals surface area (Å²) in [5.41, 5.74) is 1.89. The molecule has 4 aliphatic carbocycles. The van der Waals surface area contributed by atoms with Crippen molar-refractivity contribution in [1.82, 2.24) is 0 Å². The average Bonchev–Trinajstić information content (AvgIpc) is 3.08. The van der Waals surface area contributed by atoms with E-state index < -0.39 is 16.5 Å². The molecule has 0 radical (unpaired) electrons. The van der Waals surface area contributed by atoms with Gasteiger partial charge in [0.05, 0.1) is 12.2 Å². The van der Waals surface area contributed by atoms with Crippen LogP contribution in [-0.2, 0) is 14.6 Å². The van der Waals surface area contributed by atoms with Crippen LogP contribution in [0.5, 0.6) is 0 Å². The maximum atomic E-state index is 11.2. The number of rotatable bonds is 7. The van der Waals surface area contributed by atoms with Gasteiger partial charge >= 0.3 is 10.4 Å². The fourth-order valence-electron chi connectivity index (χ4n) is 8.83. The van der Waals surface area contributed by atoms with E-state index in [2.05, 4.69) is 40.7 Å². The highest BCUT2D eigenvalue weighted by Crippen LogP contribution is 2.67. The summed E-state index contributed by atoms with van der Waals surface area (Å²) in [6, 6.07) is 0. The van der Waals surface area contributed by atoms with Crippen molar-refractivity contribution in [3.05, 3.63) is 11.6 Å². The summed E-state index contributed by atoms with van der Waals surface area (Å²) >= 11 is 0. The molecular weight excluding hydrogens is 436 g/mol. The lowest BCUT2D eigenvalue weighted by atomic mass is 9.47. The summed E-state index contributed by atoms with van der Waals surface area (Å²) in [7, 11) is -4.40. The molecule has 0 heterocycles. The van der Waals surface area contributed by atoms with Crippen molar-refractivity contribution in [2.24, 2.45) is 46.3 Å². The topological polar surface area (TPSA) is 83.8 Å². The Morgan fingerprint density at radius 1 is 1.06 bits per heavy atom. The van der Waals surface area contributed by atoms with E-state index >= 15 is 0 Å². The molecular formula is C27H46O5S. The third-order valence-electron chi connectivity index (χ3n) is 10.8. The van der Waals surface area contributed by atoms with Gasteiger partial charge in [0.2, 0.25) is 0 Å². The van der Waals surface area contributed by atoms with Gasteiger partial charge in [-0.1, -0.05) is 46.3 Å². The molecule has 3 saturated carbocycles. The predicted molar refractivity (Wildman–Crippen MR) is 131 cm³/mol. The van der Waals surface area contributed by atoms with E-state index in [1.807, 2.05) is 0 Å². The van der Waals surface area contributed by atoms with Crippen LogP contribution < -0.4 is 0 Å². The van der Waals surface area contributed by atoms with E-state index in [1.165, 1.54) is 31.3 Å². The van der Waals surface area contributed by atoms with Gasteiger partial charge in [0.1, 0.15) is 0 Å². The minimum atomic E-state index is -4.40. The van der Waals surface area contributed by atoms with Crippen molar-refractivity contribution in [3.63, 3.8) is 0 Å². The molecule has 5 nitrogen and oxygen atoms in total. The Morgan fingerprint density at radius 3 is 2.45 bits per heavy atom. The standard InChI is InChI=1S/C27H46O5S/c1-17(2)25(28)11-6-18(3)22-9-10-23-21-8-7-19-16-20(32-33(29,30)31)12-14-26(19,4)24(21)13-15-27(22,23)5/h7,17-18,20-25,28H,6,8-16H2,1-5H3,(H,29,30,31)/t18?,20-,21-,22+,23-,24-,25?,26-,27+/m0/s1. The average molecular weight is 483 g/mol. The number of hydrogen-bond acceptors (Lipinski definition) is 4. The zero-order valence-electron chi connectivity index (χ0n) is 21.3. The van der Waals surface area contributed by atoms with Crippen molar-refractivity contribution in [1.29, 1.82) is 0 Å². The van der Waals surface area contributed by atoms with Crippen molar-refractivity contribution in [2.75, 3.05) is 0 Å². The fourth-order valence-corrected chi connectivity index (χ4v) is 9.33. The van der Waals surface area contributed by atoms with Crippen LogP contribution in [0.1, 0.15) is 98.8 Å². The van der Waals surface area contributed by atoms with Gasteiger partial charge in [0.25, 0.3) is 0 Å². The van der Waals surface area contributed by atoms with Crippen LogP contribution in [0.4, 0.5) is 0 Å². The lowest BCUT2D eigenvalue weighted by Gasteiger charge is -2.58. The Morgan fingerprint density at radius 2 is 1.79 bits per heavy atom. The van der Waals surface area contributed by atoms with Gasteiger partial charge in [-0.3, -0.25) is 4.55 Å². The smallest absolute Gasteiger partial charge is 0.393 e. The maximum absolute atomic E-state index is 11.2. The second-order valence-corrected chi connectivity index (χ2v) is 13.8. The third-order valence-corrected chi connectivity index (χ3v) is 11.3. The van der Waals surface area contributed by atoms with Crippen LogP contribution in [-0.4, -0.2) is 30.3 Å². The molecule has 0 aromatic heterocycles. The quantitative estimate of drug-likeness (QED) is 0.334. The third kappa shape index (κ3) is 4.83. The number of allylic oxidation sites excluding steroid dienone is 1. The monoisotopic (exact) mass is 482 g/mol. The van der Waals surface area contributed by atoms with Gasteiger partial charge in [0.15, 0.2) is 0 Å². The van der Waals surface area contributed by atoms with E-state index in [4.69, 9.17) is 8.74 Å². The SMILES string of the molecule is CC(C)C(O)CCC(C)[C@H]1CC[C@H]2[C@@H]3CC=C4C[C@@H](OS(=O)(=O)O)CC[C@]4(C)[C@H]3CC[C@]12C. The van der Waals surface area contributed by atoms with Crippen molar-refractivity contribution < 1.29 is 22.3 Å². The van der Waals surface area contributed by atoms with Crippen molar-refractivity contribution in [3.8, 4) is 0 Å². The molecule has 4 aliphatic rings. The van der Waals surface area contributed by atoms with Crippen molar-refractivity contribution >= 4 is 10.4 Å². The minimum absolute atomic E-state index is 0.133. The molecule has 4 rings (SSSR count). The molecule has 33 heavy (non-hydrogen) atoms. The van der Waals surface area contributed by atoms with Crippen LogP contribution in [0.25, 0.3) is 0 Å². The lowest BCUT2D eigenvalue weighted by Crippen LogP contribution is -2.51. The first-order chi connectivity index (χ1) is 15.3. The second kappa shape index (κ2) is 9.22. The van der Waals surface area contributed by atoms with Crippen LogP contribution in [0.2, 0.25) is 0 Å². The summed E-state index contributed by atoms with van der Waals surface area (Å²) in [6.07, 6.45) is 12.4. The zero-order valence-corrected chi connectivity index (χ0v) is 22.1. The summed E-state index contributed by atoms with van der Waals surface area (Å²) in [5, 5.41) is 10.3. The van der Waals surface area contributed by atoms with Gasteiger partial charge in [-0.05, 0) is 111 Å². The van der Waals surface area contributed by atoms with Gasteiger partial charge in [0, 0.05) is 0 Å². The predicted octanol–water partition coefficient (Wildman–Crippen LogP) is 6.19. The van der Waals surface area contributed by atoms with Crippen LogP contribution in [0, 0.1) is 46.3 Å². The number of fused-ring (bicyclic) bond motifs is 5. The van der Waals surface area contributed by atoms with E-state index in [1.54, 1.807) is 0 Å². The van der Waals surface area contributed by atoms with E-state index in [0.29, 0.717) is 36.0 Å². The lowest BCUT2D eigenvalue weighted by molar-refractivity contribution is -0.0567. The maximum Gasteiger partial charge on any atom is 0.397 e. The molecule has 0 aliphatic heterocycles. The normalized spacial score (nSPS) is 42.8. The Bertz CT molecular complexity index is 851. The molecule has 2 unspecified atom stereocenters. The molecule has 0 bridgehead atoms. The molecule has 9 atom stereocenters. The second-order valence-electron chi connectivity index (χ2n) is 12.7. The zero-order chi connectivity index (χ0) is 24.2. The Kier molecular flexibility index (Phi) is 7.17. The van der Waals surface area contributed by atoms with E-state index in [-0.39, 0.29) is 11.5 Å². The van der Waals surface area contributed by atoms with Crippen molar-refractivity contribution in [2.45, 2.75) is 111 Å². The van der Waals surface area contributed by atoms with Gasteiger partial charge < -0.3 is 5.11 Å². The molecule has 6 heteroatoms. The summed E-state index contributed by atoms with van der Waals surface area (Å²) < 4.78 is 36.5. The number of hydrogen-bond donors (Lipinski definition) is 2. The first-order valence-corrected chi connectivity index (χ1v) is 14.7. The highest BCUT2D eigenvalue weighted by molar-refractivity contribution is 7.80. The fraction of sp³-hybridized carbons (Fsp3) is 0.926. The molecule has 0 aromatic carbocycles. The highest BCUT2D eigenvalue weighted by Gasteiger charge is 2.59. The molecule has 190 valence electrons. The largest absolute Gasteiger partial charge is 0.397 e. The van der Waals surface area contributed by atoms with Crippen LogP contribution in [0.3, 0.4) is 0 Å².